The predicted molar refractivity (Wildman–Crippen MR) is 92.8 cm³/mol. The van der Waals surface area contributed by atoms with E-state index in [1.807, 2.05) is 19.9 Å². The average Bonchev–Trinajstić information content (AvgIpc) is 2.45. The number of aliphatic hydroxyl groups excluding tert-OH is 1. The Bertz CT molecular complexity index is 498. The first-order valence-corrected chi connectivity index (χ1v) is 8.93. The zero-order valence-electron chi connectivity index (χ0n) is 15.4. The Labute approximate surface area is 140 Å². The summed E-state index contributed by atoms with van der Waals surface area (Å²) in [4.78, 5) is 12.3. The summed E-state index contributed by atoms with van der Waals surface area (Å²) in [5, 5.41) is 10.2. The highest BCUT2D eigenvalue weighted by atomic mass is 16.5. The Kier molecular flexibility index (Phi) is 5.40. The van der Waals surface area contributed by atoms with Gasteiger partial charge in [-0.05, 0) is 29.2 Å². The summed E-state index contributed by atoms with van der Waals surface area (Å²) in [6.07, 6.45) is 6.80. The molecule has 0 amide bonds. The Hall–Kier alpha value is -1.09. The number of rotatable bonds is 3. The van der Waals surface area contributed by atoms with Crippen molar-refractivity contribution in [3.8, 4) is 0 Å². The van der Waals surface area contributed by atoms with Gasteiger partial charge in [0, 0.05) is 12.3 Å². The fourth-order valence-electron chi connectivity index (χ4n) is 4.20. The van der Waals surface area contributed by atoms with Crippen LogP contribution in [0.15, 0.2) is 23.8 Å². The van der Waals surface area contributed by atoms with E-state index >= 15 is 0 Å². The number of hydrogen-bond donors (Lipinski definition) is 1. The molecule has 3 nitrogen and oxygen atoms in total. The maximum atomic E-state index is 12.3. The molecule has 0 spiro atoms. The van der Waals surface area contributed by atoms with Crippen molar-refractivity contribution in [1.82, 2.24) is 0 Å². The molecular weight excluding hydrogens is 288 g/mol. The van der Waals surface area contributed by atoms with E-state index in [1.165, 1.54) is 0 Å². The molecule has 0 heterocycles. The van der Waals surface area contributed by atoms with E-state index in [-0.39, 0.29) is 29.3 Å². The number of fused-ring (bicyclic) bond motifs is 1. The lowest BCUT2D eigenvalue weighted by Crippen LogP contribution is -2.46. The van der Waals surface area contributed by atoms with Crippen molar-refractivity contribution in [3.63, 3.8) is 0 Å². The number of allylic oxidation sites excluding steroid dienone is 2. The normalized spacial score (nSPS) is 35.3. The van der Waals surface area contributed by atoms with Gasteiger partial charge in [0.25, 0.3) is 0 Å². The third kappa shape index (κ3) is 3.88. The molecule has 3 heteroatoms. The van der Waals surface area contributed by atoms with Gasteiger partial charge >= 0.3 is 5.97 Å². The van der Waals surface area contributed by atoms with E-state index in [1.54, 1.807) is 0 Å². The van der Waals surface area contributed by atoms with Crippen molar-refractivity contribution < 1.29 is 14.6 Å². The Morgan fingerprint density at radius 2 is 2.09 bits per heavy atom. The quantitative estimate of drug-likeness (QED) is 0.796. The van der Waals surface area contributed by atoms with Gasteiger partial charge in [-0.1, -0.05) is 59.8 Å². The van der Waals surface area contributed by atoms with Gasteiger partial charge in [-0.3, -0.25) is 4.79 Å². The second-order valence-corrected chi connectivity index (χ2v) is 8.39. The zero-order valence-corrected chi connectivity index (χ0v) is 15.4. The van der Waals surface area contributed by atoms with E-state index in [4.69, 9.17) is 4.74 Å². The molecule has 0 saturated heterocycles. The standard InChI is InChI=1S/C20H32O3/c1-7-12(2)19(22)23-16-11-15(21)10-14-9-8-13(3)18(17(14)16)20(4,5)6/h8-10,12-13,15-18,21H,7,11H2,1-6H3/t12-,13+,15+,16-,17?,18-/m0/s1. The molecule has 0 aromatic rings. The second-order valence-electron chi connectivity index (χ2n) is 8.39. The van der Waals surface area contributed by atoms with Crippen LogP contribution in [0.4, 0.5) is 0 Å². The summed E-state index contributed by atoms with van der Waals surface area (Å²) in [5.41, 5.74) is 1.24. The van der Waals surface area contributed by atoms with Crippen molar-refractivity contribution in [2.24, 2.45) is 29.1 Å². The number of carbonyl (C=O) groups excluding carboxylic acids is 1. The molecule has 0 saturated carbocycles. The third-order valence-corrected chi connectivity index (χ3v) is 5.47. The lowest BCUT2D eigenvalue weighted by atomic mass is 9.59. The highest BCUT2D eigenvalue weighted by Crippen LogP contribution is 2.49. The lowest BCUT2D eigenvalue weighted by Gasteiger charge is -2.48. The summed E-state index contributed by atoms with van der Waals surface area (Å²) in [7, 11) is 0. The molecule has 0 bridgehead atoms. The zero-order chi connectivity index (χ0) is 17.4. The van der Waals surface area contributed by atoms with Crippen molar-refractivity contribution in [1.29, 1.82) is 0 Å². The van der Waals surface area contributed by atoms with Crippen LogP contribution in [0.2, 0.25) is 0 Å². The van der Waals surface area contributed by atoms with Gasteiger partial charge in [0.05, 0.1) is 12.0 Å². The summed E-state index contributed by atoms with van der Waals surface area (Å²) in [6, 6.07) is 0. The molecule has 130 valence electrons. The van der Waals surface area contributed by atoms with Crippen LogP contribution < -0.4 is 0 Å². The summed E-state index contributed by atoms with van der Waals surface area (Å²) in [6.45, 7) is 12.9. The molecule has 23 heavy (non-hydrogen) atoms. The first kappa shape index (κ1) is 18.3. The van der Waals surface area contributed by atoms with Crippen LogP contribution in [0.1, 0.15) is 54.4 Å². The van der Waals surface area contributed by atoms with Crippen LogP contribution in [-0.2, 0) is 9.53 Å². The van der Waals surface area contributed by atoms with E-state index in [0.717, 1.165) is 12.0 Å². The average molecular weight is 320 g/mol. The number of hydrogen-bond acceptors (Lipinski definition) is 3. The van der Waals surface area contributed by atoms with Crippen LogP contribution in [-0.4, -0.2) is 23.3 Å². The first-order chi connectivity index (χ1) is 10.6. The highest BCUT2D eigenvalue weighted by molar-refractivity contribution is 5.72. The Morgan fingerprint density at radius 1 is 1.43 bits per heavy atom. The molecule has 1 N–H and O–H groups in total. The van der Waals surface area contributed by atoms with Crippen molar-refractivity contribution >= 4 is 5.97 Å². The van der Waals surface area contributed by atoms with Crippen LogP contribution in [0.3, 0.4) is 0 Å². The first-order valence-electron chi connectivity index (χ1n) is 8.93. The highest BCUT2D eigenvalue weighted by Gasteiger charge is 2.46. The molecular formula is C20H32O3. The van der Waals surface area contributed by atoms with Gasteiger partial charge in [-0.25, -0.2) is 0 Å². The maximum absolute atomic E-state index is 12.3. The van der Waals surface area contributed by atoms with Crippen molar-refractivity contribution in [2.45, 2.75) is 66.6 Å². The predicted octanol–water partition coefficient (Wildman–Crippen LogP) is 4.12. The molecule has 0 aromatic carbocycles. The molecule has 6 atom stereocenters. The lowest BCUT2D eigenvalue weighted by molar-refractivity contribution is -0.160. The maximum Gasteiger partial charge on any atom is 0.308 e. The topological polar surface area (TPSA) is 46.5 Å². The van der Waals surface area contributed by atoms with Gasteiger partial charge < -0.3 is 9.84 Å². The van der Waals surface area contributed by atoms with E-state index in [2.05, 4.69) is 39.8 Å². The minimum atomic E-state index is -0.533. The van der Waals surface area contributed by atoms with Gasteiger partial charge in [0.15, 0.2) is 0 Å². The fourth-order valence-corrected chi connectivity index (χ4v) is 4.20. The summed E-state index contributed by atoms with van der Waals surface area (Å²) >= 11 is 0. The largest absolute Gasteiger partial charge is 0.461 e. The van der Waals surface area contributed by atoms with Crippen LogP contribution in [0.5, 0.6) is 0 Å². The number of ether oxygens (including phenoxy) is 1. The molecule has 0 aliphatic heterocycles. The van der Waals surface area contributed by atoms with Crippen molar-refractivity contribution in [2.75, 3.05) is 0 Å². The summed E-state index contributed by atoms with van der Waals surface area (Å²) < 4.78 is 5.88. The molecule has 2 aliphatic carbocycles. The minimum absolute atomic E-state index is 0.0915. The molecule has 2 aliphatic rings. The fraction of sp³-hybridized carbons (Fsp3) is 0.750. The SMILES string of the molecule is CC[C@H](C)C(=O)O[C@H]1C[C@H](O)C=C2C=C[C@@H](C)[C@H](C(C)(C)C)C21. The van der Waals surface area contributed by atoms with Gasteiger partial charge in [0.1, 0.15) is 6.10 Å². The van der Waals surface area contributed by atoms with Crippen LogP contribution in [0, 0.1) is 29.1 Å². The van der Waals surface area contributed by atoms with Gasteiger partial charge in [0.2, 0.25) is 0 Å². The molecule has 0 radical (unpaired) electrons. The van der Waals surface area contributed by atoms with Crippen LogP contribution >= 0.6 is 0 Å². The molecule has 2 rings (SSSR count). The van der Waals surface area contributed by atoms with Gasteiger partial charge in [-0.15, -0.1) is 0 Å². The number of aliphatic hydroxyl groups is 1. The van der Waals surface area contributed by atoms with Gasteiger partial charge in [-0.2, -0.15) is 0 Å². The second kappa shape index (κ2) is 6.80. The Morgan fingerprint density at radius 3 is 2.65 bits per heavy atom. The third-order valence-electron chi connectivity index (χ3n) is 5.47. The minimum Gasteiger partial charge on any atom is -0.461 e. The molecule has 0 fully saturated rings. The smallest absolute Gasteiger partial charge is 0.308 e. The monoisotopic (exact) mass is 320 g/mol. The van der Waals surface area contributed by atoms with E-state index < -0.39 is 6.10 Å². The number of esters is 1. The summed E-state index contributed by atoms with van der Waals surface area (Å²) in [5.74, 6) is 0.761. The van der Waals surface area contributed by atoms with Crippen molar-refractivity contribution in [3.05, 3.63) is 23.8 Å². The van der Waals surface area contributed by atoms with E-state index in [9.17, 15) is 9.90 Å². The molecule has 0 aromatic heterocycles. The Balaban J connectivity index is 2.34. The molecule has 1 unspecified atom stereocenters. The van der Waals surface area contributed by atoms with Crippen LogP contribution in [0.25, 0.3) is 0 Å². The van der Waals surface area contributed by atoms with E-state index in [0.29, 0.717) is 18.3 Å². The number of carbonyl (C=O) groups is 1.